The van der Waals surface area contributed by atoms with Gasteiger partial charge in [0.2, 0.25) is 0 Å². The first-order valence-corrected chi connectivity index (χ1v) is 6.02. The zero-order chi connectivity index (χ0) is 11.2. The molecule has 0 aliphatic heterocycles. The Kier molecular flexibility index (Phi) is 2.03. The molecule has 3 rings (SSSR count). The Bertz CT molecular complexity index is 484. The van der Waals surface area contributed by atoms with Crippen LogP contribution in [-0.4, -0.2) is 5.78 Å². The summed E-state index contributed by atoms with van der Waals surface area (Å²) >= 11 is 0. The van der Waals surface area contributed by atoms with Crippen LogP contribution in [-0.2, 0) is 10.2 Å². The molecule has 0 N–H and O–H groups in total. The highest BCUT2D eigenvalue weighted by Crippen LogP contribution is 2.45. The van der Waals surface area contributed by atoms with E-state index in [2.05, 4.69) is 37.3 Å². The topological polar surface area (TPSA) is 17.1 Å². The van der Waals surface area contributed by atoms with E-state index in [0.29, 0.717) is 12.2 Å². The summed E-state index contributed by atoms with van der Waals surface area (Å²) < 4.78 is 0. The molecule has 1 aromatic carbocycles. The molecule has 2 aliphatic rings. The summed E-state index contributed by atoms with van der Waals surface area (Å²) in [4.78, 5) is 11.7. The fourth-order valence-corrected chi connectivity index (χ4v) is 3.09. The van der Waals surface area contributed by atoms with E-state index in [1.54, 1.807) is 0 Å². The van der Waals surface area contributed by atoms with Crippen LogP contribution in [0.1, 0.15) is 42.4 Å². The zero-order valence-electron chi connectivity index (χ0n) is 9.62. The van der Waals surface area contributed by atoms with Crippen molar-refractivity contribution in [1.82, 2.24) is 0 Å². The molecule has 0 saturated heterocycles. The molecule has 1 fully saturated rings. The van der Waals surface area contributed by atoms with Crippen molar-refractivity contribution in [3.63, 3.8) is 0 Å². The standard InChI is InChI=1S/C15H16O/c1-11-4-5-12-6-8-15(14(12)9-11)7-2-3-13(16)10-15/h4-6,8-9H,2-3,7,10H2,1H3. The molecule has 1 saturated carbocycles. The van der Waals surface area contributed by atoms with Crippen LogP contribution < -0.4 is 0 Å². The number of benzene rings is 1. The van der Waals surface area contributed by atoms with Gasteiger partial charge in [0.05, 0.1) is 0 Å². The van der Waals surface area contributed by atoms with Gasteiger partial charge in [0.25, 0.3) is 0 Å². The van der Waals surface area contributed by atoms with Crippen LogP contribution in [0.2, 0.25) is 0 Å². The maximum absolute atomic E-state index is 11.7. The summed E-state index contributed by atoms with van der Waals surface area (Å²) in [5, 5.41) is 0. The van der Waals surface area contributed by atoms with Crippen molar-refractivity contribution in [2.24, 2.45) is 0 Å². The van der Waals surface area contributed by atoms with Crippen molar-refractivity contribution in [3.05, 3.63) is 41.0 Å². The van der Waals surface area contributed by atoms with Crippen LogP contribution >= 0.6 is 0 Å². The Hall–Kier alpha value is -1.37. The second kappa shape index (κ2) is 3.31. The number of carbonyl (C=O) groups excluding carboxylic acids is 1. The molecule has 0 aromatic heterocycles. The molecule has 1 heteroatoms. The maximum atomic E-state index is 11.7. The van der Waals surface area contributed by atoms with Crippen molar-refractivity contribution in [2.75, 3.05) is 0 Å². The largest absolute Gasteiger partial charge is 0.300 e. The minimum absolute atomic E-state index is 0.0384. The molecule has 1 unspecified atom stereocenters. The lowest BCUT2D eigenvalue weighted by molar-refractivity contribution is -0.121. The summed E-state index contributed by atoms with van der Waals surface area (Å²) in [6.45, 7) is 2.12. The third kappa shape index (κ3) is 1.35. The van der Waals surface area contributed by atoms with Crippen molar-refractivity contribution in [2.45, 2.75) is 38.0 Å². The summed E-state index contributed by atoms with van der Waals surface area (Å²) in [6, 6.07) is 6.58. The van der Waals surface area contributed by atoms with Gasteiger partial charge in [0, 0.05) is 18.3 Å². The van der Waals surface area contributed by atoms with Crippen molar-refractivity contribution in [1.29, 1.82) is 0 Å². The number of carbonyl (C=O) groups is 1. The average molecular weight is 212 g/mol. The monoisotopic (exact) mass is 212 g/mol. The van der Waals surface area contributed by atoms with E-state index in [9.17, 15) is 4.79 Å². The Labute approximate surface area is 96.2 Å². The number of aryl methyl sites for hydroxylation is 1. The summed E-state index contributed by atoms with van der Waals surface area (Å²) in [7, 11) is 0. The number of hydrogen-bond donors (Lipinski definition) is 0. The van der Waals surface area contributed by atoms with Gasteiger partial charge in [0.1, 0.15) is 5.78 Å². The maximum Gasteiger partial charge on any atom is 0.134 e. The Morgan fingerprint density at radius 3 is 3.00 bits per heavy atom. The highest BCUT2D eigenvalue weighted by Gasteiger charge is 2.38. The fraction of sp³-hybridized carbons (Fsp3) is 0.400. The predicted molar refractivity (Wildman–Crippen MR) is 65.4 cm³/mol. The summed E-state index contributed by atoms with van der Waals surface area (Å²) in [5.74, 6) is 0.422. The smallest absolute Gasteiger partial charge is 0.134 e. The van der Waals surface area contributed by atoms with Crippen LogP contribution in [0.15, 0.2) is 24.3 Å². The second-order valence-electron chi connectivity index (χ2n) is 5.15. The minimum atomic E-state index is 0.0384. The quantitative estimate of drug-likeness (QED) is 0.644. The molecular weight excluding hydrogens is 196 g/mol. The highest BCUT2D eigenvalue weighted by molar-refractivity contribution is 5.83. The van der Waals surface area contributed by atoms with Crippen LogP contribution in [0.5, 0.6) is 0 Å². The first-order chi connectivity index (χ1) is 7.70. The summed E-state index contributed by atoms with van der Waals surface area (Å²) in [5.41, 5.74) is 4.01. The molecule has 1 aromatic rings. The number of hydrogen-bond acceptors (Lipinski definition) is 1. The van der Waals surface area contributed by atoms with Crippen LogP contribution in [0, 0.1) is 6.92 Å². The zero-order valence-corrected chi connectivity index (χ0v) is 9.62. The van der Waals surface area contributed by atoms with E-state index in [0.717, 1.165) is 19.3 Å². The van der Waals surface area contributed by atoms with E-state index < -0.39 is 0 Å². The molecule has 0 heterocycles. The predicted octanol–water partition coefficient (Wildman–Crippen LogP) is 3.40. The molecule has 1 atom stereocenters. The van der Waals surface area contributed by atoms with Gasteiger partial charge >= 0.3 is 0 Å². The lowest BCUT2D eigenvalue weighted by Crippen LogP contribution is -2.30. The summed E-state index contributed by atoms with van der Waals surface area (Å²) in [6.07, 6.45) is 8.10. The molecule has 0 amide bonds. The fourth-order valence-electron chi connectivity index (χ4n) is 3.09. The molecular formula is C15H16O. The third-order valence-electron chi connectivity index (χ3n) is 3.92. The van der Waals surface area contributed by atoms with Gasteiger partial charge < -0.3 is 0 Å². The molecule has 1 nitrogen and oxygen atoms in total. The van der Waals surface area contributed by atoms with Gasteiger partial charge in [-0.15, -0.1) is 0 Å². The molecule has 16 heavy (non-hydrogen) atoms. The lowest BCUT2D eigenvalue weighted by atomic mass is 9.70. The van der Waals surface area contributed by atoms with Crippen molar-refractivity contribution >= 4 is 11.9 Å². The highest BCUT2D eigenvalue weighted by atomic mass is 16.1. The first-order valence-electron chi connectivity index (χ1n) is 6.02. The lowest BCUT2D eigenvalue weighted by Gasteiger charge is -2.32. The van der Waals surface area contributed by atoms with Crippen molar-refractivity contribution < 1.29 is 4.79 Å². The molecule has 1 spiro atoms. The number of Topliss-reactive ketones (excluding diaryl/α,β-unsaturated/α-hetero) is 1. The Morgan fingerprint density at radius 1 is 1.31 bits per heavy atom. The SMILES string of the molecule is Cc1ccc2c(c1)C1(C=C2)CCCC(=O)C1. The molecule has 2 aliphatic carbocycles. The second-order valence-corrected chi connectivity index (χ2v) is 5.15. The molecule has 0 radical (unpaired) electrons. The van der Waals surface area contributed by atoms with Crippen LogP contribution in [0.25, 0.3) is 6.08 Å². The number of ketones is 1. The third-order valence-corrected chi connectivity index (χ3v) is 3.92. The normalized spacial score (nSPS) is 27.4. The van der Waals surface area contributed by atoms with Gasteiger partial charge in [-0.25, -0.2) is 0 Å². The van der Waals surface area contributed by atoms with E-state index in [4.69, 9.17) is 0 Å². The Balaban J connectivity index is 2.10. The Morgan fingerprint density at radius 2 is 2.19 bits per heavy atom. The van der Waals surface area contributed by atoms with E-state index in [-0.39, 0.29) is 5.41 Å². The molecule has 82 valence electrons. The van der Waals surface area contributed by atoms with E-state index >= 15 is 0 Å². The van der Waals surface area contributed by atoms with Crippen LogP contribution in [0.3, 0.4) is 0 Å². The van der Waals surface area contributed by atoms with E-state index in [1.807, 2.05) is 0 Å². The number of fused-ring (bicyclic) bond motifs is 2. The number of rotatable bonds is 0. The average Bonchev–Trinajstić information content (AvgIpc) is 2.58. The van der Waals surface area contributed by atoms with Crippen LogP contribution in [0.4, 0.5) is 0 Å². The van der Waals surface area contributed by atoms with E-state index in [1.165, 1.54) is 16.7 Å². The number of allylic oxidation sites excluding steroid dienone is 1. The van der Waals surface area contributed by atoms with Gasteiger partial charge in [-0.1, -0.05) is 35.9 Å². The van der Waals surface area contributed by atoms with Gasteiger partial charge in [-0.05, 0) is 30.9 Å². The van der Waals surface area contributed by atoms with Gasteiger partial charge in [-0.3, -0.25) is 4.79 Å². The van der Waals surface area contributed by atoms with Gasteiger partial charge in [0.15, 0.2) is 0 Å². The van der Waals surface area contributed by atoms with Gasteiger partial charge in [-0.2, -0.15) is 0 Å². The first kappa shape index (κ1) is 9.83. The minimum Gasteiger partial charge on any atom is -0.300 e. The molecule has 0 bridgehead atoms. The van der Waals surface area contributed by atoms with Crippen molar-refractivity contribution in [3.8, 4) is 0 Å².